The van der Waals surface area contributed by atoms with Gasteiger partial charge in [0.25, 0.3) is 0 Å². The molecule has 5 heteroatoms. The van der Waals surface area contributed by atoms with Gasteiger partial charge in [0.1, 0.15) is 5.54 Å². The summed E-state index contributed by atoms with van der Waals surface area (Å²) in [6.45, 7) is 3.14. The van der Waals surface area contributed by atoms with Crippen LogP contribution in [0.15, 0.2) is 36.4 Å². The third-order valence-electron chi connectivity index (χ3n) is 3.07. The van der Waals surface area contributed by atoms with Crippen molar-refractivity contribution in [3.05, 3.63) is 42.1 Å². The molecule has 1 heterocycles. The van der Waals surface area contributed by atoms with Crippen LogP contribution >= 0.6 is 0 Å². The number of benzene rings is 1. The lowest BCUT2D eigenvalue weighted by Gasteiger charge is -2.22. The molecule has 0 saturated carbocycles. The van der Waals surface area contributed by atoms with Gasteiger partial charge in [-0.3, -0.25) is 14.6 Å². The minimum Gasteiger partial charge on any atom is -0.368 e. The molecule has 0 atom stereocenters. The number of hydrogen-bond donors (Lipinski definition) is 2. The van der Waals surface area contributed by atoms with Crippen LogP contribution in [0.2, 0.25) is 0 Å². The van der Waals surface area contributed by atoms with Gasteiger partial charge in [0, 0.05) is 5.39 Å². The van der Waals surface area contributed by atoms with E-state index in [0.717, 1.165) is 10.9 Å². The van der Waals surface area contributed by atoms with E-state index in [9.17, 15) is 9.59 Å². The summed E-state index contributed by atoms with van der Waals surface area (Å²) in [5.41, 5.74) is 5.65. The van der Waals surface area contributed by atoms with E-state index in [2.05, 4.69) is 10.3 Å². The van der Waals surface area contributed by atoms with E-state index < -0.39 is 11.4 Å². The van der Waals surface area contributed by atoms with E-state index >= 15 is 0 Å². The highest BCUT2D eigenvalue weighted by atomic mass is 16.2. The third-order valence-corrected chi connectivity index (χ3v) is 3.07. The summed E-state index contributed by atoms with van der Waals surface area (Å²) in [4.78, 5) is 27.5. The minimum absolute atomic E-state index is 0.113. The number of aromatic nitrogens is 1. The predicted molar refractivity (Wildman–Crippen MR) is 76.9 cm³/mol. The fourth-order valence-electron chi connectivity index (χ4n) is 1.83. The molecule has 104 valence electrons. The second kappa shape index (κ2) is 5.28. The Hall–Kier alpha value is -2.43. The molecule has 0 aliphatic rings. The van der Waals surface area contributed by atoms with E-state index in [-0.39, 0.29) is 12.3 Å². The summed E-state index contributed by atoms with van der Waals surface area (Å²) >= 11 is 0. The highest BCUT2D eigenvalue weighted by molar-refractivity contribution is 5.90. The molecule has 0 aliphatic heterocycles. The molecule has 2 amide bonds. The van der Waals surface area contributed by atoms with Crippen molar-refractivity contribution in [1.29, 1.82) is 0 Å². The number of primary amides is 1. The number of carbonyl (C=O) groups excluding carboxylic acids is 2. The Balaban J connectivity index is 2.12. The lowest BCUT2D eigenvalue weighted by molar-refractivity contribution is -0.130. The van der Waals surface area contributed by atoms with Crippen LogP contribution in [-0.4, -0.2) is 22.3 Å². The molecule has 0 fully saturated rings. The molecule has 0 aliphatic carbocycles. The second-order valence-corrected chi connectivity index (χ2v) is 5.21. The standard InChI is InChI=1S/C15H17N3O2/c1-15(2,14(16)20)18-13(19)9-11-8-7-10-5-3-4-6-12(10)17-11/h3-8H,9H2,1-2H3,(H2,16,20)(H,18,19). The van der Waals surface area contributed by atoms with Gasteiger partial charge in [0.2, 0.25) is 11.8 Å². The first-order valence-electron chi connectivity index (χ1n) is 6.34. The highest BCUT2D eigenvalue weighted by Gasteiger charge is 2.26. The minimum atomic E-state index is -1.06. The molecule has 2 rings (SSSR count). The lowest BCUT2D eigenvalue weighted by Crippen LogP contribution is -2.53. The molecule has 20 heavy (non-hydrogen) atoms. The number of carbonyl (C=O) groups is 2. The van der Waals surface area contributed by atoms with Gasteiger partial charge >= 0.3 is 0 Å². The van der Waals surface area contributed by atoms with Crippen molar-refractivity contribution >= 4 is 22.7 Å². The zero-order chi connectivity index (χ0) is 14.8. The Morgan fingerprint density at radius 2 is 1.90 bits per heavy atom. The fraction of sp³-hybridized carbons (Fsp3) is 0.267. The average molecular weight is 271 g/mol. The fourth-order valence-corrected chi connectivity index (χ4v) is 1.83. The Bertz CT molecular complexity index is 665. The molecule has 0 unspecified atom stereocenters. The first kappa shape index (κ1) is 14.0. The molecular formula is C15H17N3O2. The topological polar surface area (TPSA) is 85.1 Å². The Morgan fingerprint density at radius 3 is 2.60 bits per heavy atom. The molecule has 5 nitrogen and oxygen atoms in total. The first-order chi connectivity index (χ1) is 9.38. The Labute approximate surface area is 117 Å². The smallest absolute Gasteiger partial charge is 0.242 e. The predicted octanol–water partition coefficient (Wildman–Crippen LogP) is 1.16. The van der Waals surface area contributed by atoms with E-state index in [0.29, 0.717) is 5.69 Å². The summed E-state index contributed by atoms with van der Waals surface area (Å²) in [6, 6.07) is 11.4. The van der Waals surface area contributed by atoms with Crippen molar-refractivity contribution < 1.29 is 9.59 Å². The quantitative estimate of drug-likeness (QED) is 0.875. The summed E-state index contributed by atoms with van der Waals surface area (Å²) in [5.74, 6) is -0.853. The van der Waals surface area contributed by atoms with Crippen molar-refractivity contribution in [2.75, 3.05) is 0 Å². The molecule has 3 N–H and O–H groups in total. The van der Waals surface area contributed by atoms with E-state index in [1.54, 1.807) is 19.9 Å². The molecule has 0 saturated heterocycles. The Morgan fingerprint density at radius 1 is 1.20 bits per heavy atom. The summed E-state index contributed by atoms with van der Waals surface area (Å²) in [5, 5.41) is 3.62. The van der Waals surface area contributed by atoms with Crippen molar-refractivity contribution in [3.8, 4) is 0 Å². The largest absolute Gasteiger partial charge is 0.368 e. The van der Waals surface area contributed by atoms with Crippen LogP contribution in [-0.2, 0) is 16.0 Å². The van der Waals surface area contributed by atoms with Gasteiger partial charge in [-0.25, -0.2) is 0 Å². The molecular weight excluding hydrogens is 254 g/mol. The molecule has 1 aromatic heterocycles. The van der Waals surface area contributed by atoms with Crippen molar-refractivity contribution in [2.45, 2.75) is 25.8 Å². The maximum atomic E-state index is 11.9. The number of nitrogens with two attached hydrogens (primary N) is 1. The van der Waals surface area contributed by atoms with Crippen LogP contribution in [0.25, 0.3) is 10.9 Å². The molecule has 0 radical (unpaired) electrons. The molecule has 0 spiro atoms. The summed E-state index contributed by atoms with van der Waals surface area (Å²) in [7, 11) is 0. The van der Waals surface area contributed by atoms with Crippen LogP contribution < -0.4 is 11.1 Å². The average Bonchev–Trinajstić information content (AvgIpc) is 2.37. The van der Waals surface area contributed by atoms with Gasteiger partial charge in [-0.1, -0.05) is 24.3 Å². The number of pyridine rings is 1. The number of hydrogen-bond acceptors (Lipinski definition) is 3. The normalized spacial score (nSPS) is 11.3. The number of para-hydroxylation sites is 1. The third kappa shape index (κ3) is 3.12. The van der Waals surface area contributed by atoms with Gasteiger partial charge in [-0.15, -0.1) is 0 Å². The van der Waals surface area contributed by atoms with Gasteiger partial charge in [-0.05, 0) is 26.0 Å². The van der Waals surface area contributed by atoms with E-state index in [1.165, 1.54) is 0 Å². The van der Waals surface area contributed by atoms with Gasteiger partial charge in [0.15, 0.2) is 0 Å². The van der Waals surface area contributed by atoms with E-state index in [1.807, 2.05) is 30.3 Å². The summed E-state index contributed by atoms with van der Waals surface area (Å²) in [6.07, 6.45) is 0.113. The number of amides is 2. The van der Waals surface area contributed by atoms with Crippen LogP contribution in [0.1, 0.15) is 19.5 Å². The van der Waals surface area contributed by atoms with Crippen LogP contribution in [0.5, 0.6) is 0 Å². The number of rotatable bonds is 4. The SMILES string of the molecule is CC(C)(NC(=O)Cc1ccc2ccccc2n1)C(N)=O. The lowest BCUT2D eigenvalue weighted by atomic mass is 10.0. The monoisotopic (exact) mass is 271 g/mol. The maximum absolute atomic E-state index is 11.9. The molecule has 2 aromatic rings. The van der Waals surface area contributed by atoms with Gasteiger partial charge in [0.05, 0.1) is 17.6 Å². The number of nitrogens with one attached hydrogen (secondary N) is 1. The van der Waals surface area contributed by atoms with Crippen molar-refractivity contribution in [3.63, 3.8) is 0 Å². The van der Waals surface area contributed by atoms with Gasteiger partial charge < -0.3 is 11.1 Å². The molecule has 0 bridgehead atoms. The first-order valence-corrected chi connectivity index (χ1v) is 6.34. The maximum Gasteiger partial charge on any atom is 0.242 e. The van der Waals surface area contributed by atoms with Gasteiger partial charge in [-0.2, -0.15) is 0 Å². The van der Waals surface area contributed by atoms with Crippen LogP contribution in [0, 0.1) is 0 Å². The highest BCUT2D eigenvalue weighted by Crippen LogP contribution is 2.12. The Kier molecular flexibility index (Phi) is 3.70. The van der Waals surface area contributed by atoms with Crippen LogP contribution in [0.3, 0.4) is 0 Å². The van der Waals surface area contributed by atoms with Crippen molar-refractivity contribution in [1.82, 2.24) is 10.3 Å². The van der Waals surface area contributed by atoms with Crippen molar-refractivity contribution in [2.24, 2.45) is 5.73 Å². The zero-order valence-electron chi connectivity index (χ0n) is 11.5. The van der Waals surface area contributed by atoms with Crippen LogP contribution in [0.4, 0.5) is 0 Å². The zero-order valence-corrected chi connectivity index (χ0v) is 11.5. The molecule has 1 aromatic carbocycles. The number of nitrogens with zero attached hydrogens (tertiary/aromatic N) is 1. The number of fused-ring (bicyclic) bond motifs is 1. The second-order valence-electron chi connectivity index (χ2n) is 5.21. The van der Waals surface area contributed by atoms with E-state index in [4.69, 9.17) is 5.73 Å². The summed E-state index contributed by atoms with van der Waals surface area (Å²) < 4.78 is 0.